The third kappa shape index (κ3) is 3.25. The summed E-state index contributed by atoms with van der Waals surface area (Å²) in [5.41, 5.74) is 8.69. The van der Waals surface area contributed by atoms with Crippen molar-refractivity contribution in [1.29, 1.82) is 0 Å². The van der Waals surface area contributed by atoms with Crippen LogP contribution < -0.4 is 10.4 Å². The van der Waals surface area contributed by atoms with Gasteiger partial charge in [-0.3, -0.25) is 4.99 Å². The monoisotopic (exact) mass is 440 g/mol. The van der Waals surface area contributed by atoms with Crippen LogP contribution >= 0.6 is 0 Å². The number of hydrogen-bond acceptors (Lipinski definition) is 1. The van der Waals surface area contributed by atoms with Crippen molar-refractivity contribution in [2.75, 3.05) is 0 Å². The molecule has 3 aliphatic carbocycles. The SMILES string of the molecule is [c]1ccc2c(c1C1=c3ccc4c(c3CC(C3CCCC3)C1)CC=c1ccccc1=4)C=CN=CC2. The van der Waals surface area contributed by atoms with E-state index in [1.807, 2.05) is 12.4 Å². The lowest BCUT2D eigenvalue weighted by Crippen LogP contribution is -2.30. The Hall–Kier alpha value is -3.19. The molecule has 1 radical (unpaired) electrons. The summed E-state index contributed by atoms with van der Waals surface area (Å²) in [5, 5.41) is 5.71. The molecule has 1 nitrogen and oxygen atoms in total. The number of hydrogen-bond donors (Lipinski definition) is 0. The van der Waals surface area contributed by atoms with Crippen LogP contribution in [0.1, 0.15) is 59.9 Å². The molecule has 1 saturated carbocycles. The van der Waals surface area contributed by atoms with E-state index in [-0.39, 0.29) is 0 Å². The van der Waals surface area contributed by atoms with E-state index in [9.17, 15) is 0 Å². The molecule has 167 valence electrons. The van der Waals surface area contributed by atoms with Crippen molar-refractivity contribution in [3.05, 3.63) is 109 Å². The summed E-state index contributed by atoms with van der Waals surface area (Å²) in [5.74, 6) is 1.60. The molecule has 3 aromatic carbocycles. The van der Waals surface area contributed by atoms with Gasteiger partial charge in [0.15, 0.2) is 0 Å². The zero-order valence-electron chi connectivity index (χ0n) is 19.7. The summed E-state index contributed by atoms with van der Waals surface area (Å²) in [7, 11) is 0. The molecule has 0 N–H and O–H groups in total. The largest absolute Gasteiger partial charge is 0.269 e. The second-order valence-electron chi connectivity index (χ2n) is 10.4. The van der Waals surface area contributed by atoms with Gasteiger partial charge < -0.3 is 0 Å². The Kier molecular flexibility index (Phi) is 4.89. The van der Waals surface area contributed by atoms with Gasteiger partial charge in [-0.25, -0.2) is 0 Å². The number of fused-ring (bicyclic) bond motifs is 5. The van der Waals surface area contributed by atoms with Gasteiger partial charge in [-0.05, 0) is 97.5 Å². The fourth-order valence-electron chi connectivity index (χ4n) is 7.03. The van der Waals surface area contributed by atoms with E-state index in [0.717, 1.165) is 24.7 Å². The molecular formula is C33H30N. The first-order valence-corrected chi connectivity index (χ1v) is 13.0. The average molecular weight is 441 g/mol. The molecule has 0 spiro atoms. The van der Waals surface area contributed by atoms with Gasteiger partial charge in [0.2, 0.25) is 0 Å². The van der Waals surface area contributed by atoms with Crippen LogP contribution in [-0.2, 0) is 19.3 Å². The van der Waals surface area contributed by atoms with Gasteiger partial charge in [-0.2, -0.15) is 0 Å². The van der Waals surface area contributed by atoms with Gasteiger partial charge in [-0.15, -0.1) is 0 Å². The molecule has 3 aromatic rings. The van der Waals surface area contributed by atoms with Gasteiger partial charge >= 0.3 is 0 Å². The summed E-state index contributed by atoms with van der Waals surface area (Å²) in [6.45, 7) is 0. The molecule has 0 saturated heterocycles. The predicted octanol–water partition coefficient (Wildman–Crippen LogP) is 5.66. The Balaban J connectivity index is 1.52. The standard InChI is InChI=1S/C33H30N/c1-2-7-22(6-1)25-20-32(28-11-5-9-24-16-18-34-19-17-27(24)28)31-15-14-29-26-10-4-3-8-23(26)12-13-30(29)33(31)21-25/h3-5,8-10,12,14-15,17-19,22,25H,1-2,6-7,13,16,20-21H2. The summed E-state index contributed by atoms with van der Waals surface area (Å²) < 4.78 is 0. The number of rotatable bonds is 2. The fraction of sp³-hybridized carbons (Fsp3) is 0.303. The molecular weight excluding hydrogens is 410 g/mol. The number of nitrogens with zero attached hydrogens (tertiary/aromatic N) is 1. The Labute approximate surface area is 201 Å². The lowest BCUT2D eigenvalue weighted by Gasteiger charge is -2.32. The molecule has 7 rings (SSSR count). The van der Waals surface area contributed by atoms with E-state index in [1.54, 1.807) is 11.1 Å². The minimum absolute atomic E-state index is 0.740. The summed E-state index contributed by atoms with van der Waals surface area (Å²) in [6.07, 6.45) is 18.6. The third-order valence-electron chi connectivity index (χ3n) is 8.71. The minimum Gasteiger partial charge on any atom is -0.269 e. The normalized spacial score (nSPS) is 20.7. The lowest BCUT2D eigenvalue weighted by atomic mass is 9.72. The van der Waals surface area contributed by atoms with Crippen molar-refractivity contribution < 1.29 is 0 Å². The predicted molar refractivity (Wildman–Crippen MR) is 141 cm³/mol. The second-order valence-corrected chi connectivity index (χ2v) is 10.4. The number of benzene rings is 3. The maximum Gasteiger partial charge on any atom is 0.0270 e. The summed E-state index contributed by atoms with van der Waals surface area (Å²) in [6, 6.07) is 21.8. The highest BCUT2D eigenvalue weighted by atomic mass is 14.7. The molecule has 1 heterocycles. The molecule has 1 fully saturated rings. The fourth-order valence-corrected chi connectivity index (χ4v) is 7.03. The molecule has 34 heavy (non-hydrogen) atoms. The van der Waals surface area contributed by atoms with E-state index >= 15 is 0 Å². The van der Waals surface area contributed by atoms with Crippen LogP contribution in [0.5, 0.6) is 0 Å². The minimum atomic E-state index is 0.740. The van der Waals surface area contributed by atoms with Crippen molar-refractivity contribution in [1.82, 2.24) is 0 Å². The zero-order valence-corrected chi connectivity index (χ0v) is 19.7. The van der Waals surface area contributed by atoms with E-state index in [2.05, 4.69) is 71.7 Å². The highest BCUT2D eigenvalue weighted by Crippen LogP contribution is 2.41. The Bertz CT molecular complexity index is 1560. The quantitative estimate of drug-likeness (QED) is 0.488. The maximum absolute atomic E-state index is 4.44. The first-order chi connectivity index (χ1) is 16.9. The van der Waals surface area contributed by atoms with E-state index < -0.39 is 0 Å². The zero-order chi connectivity index (χ0) is 22.5. The first-order valence-electron chi connectivity index (χ1n) is 13.0. The topological polar surface area (TPSA) is 12.4 Å². The van der Waals surface area contributed by atoms with Crippen LogP contribution in [0, 0.1) is 28.3 Å². The van der Waals surface area contributed by atoms with Gasteiger partial charge in [-0.1, -0.05) is 80.3 Å². The molecule has 1 atom stereocenters. The number of aliphatic imine (C=N–C) groups is 1. The van der Waals surface area contributed by atoms with Crippen molar-refractivity contribution >= 4 is 23.9 Å². The van der Waals surface area contributed by atoms with Crippen LogP contribution in [0.2, 0.25) is 0 Å². The van der Waals surface area contributed by atoms with E-state index in [0.29, 0.717) is 0 Å². The molecule has 0 bridgehead atoms. The van der Waals surface area contributed by atoms with Gasteiger partial charge in [0.1, 0.15) is 0 Å². The lowest BCUT2D eigenvalue weighted by molar-refractivity contribution is 0.337. The highest BCUT2D eigenvalue weighted by Gasteiger charge is 2.31. The second kappa shape index (κ2) is 8.24. The van der Waals surface area contributed by atoms with Gasteiger partial charge in [0.25, 0.3) is 0 Å². The van der Waals surface area contributed by atoms with Crippen LogP contribution in [0.3, 0.4) is 0 Å². The summed E-state index contributed by atoms with van der Waals surface area (Å²) >= 11 is 0. The maximum atomic E-state index is 4.44. The van der Waals surface area contributed by atoms with Crippen molar-refractivity contribution in [3.63, 3.8) is 0 Å². The van der Waals surface area contributed by atoms with Crippen molar-refractivity contribution in [2.45, 2.75) is 51.4 Å². The molecule has 4 aliphatic rings. The van der Waals surface area contributed by atoms with Gasteiger partial charge in [0.05, 0.1) is 0 Å². The Morgan fingerprint density at radius 3 is 2.62 bits per heavy atom. The Morgan fingerprint density at radius 2 is 1.68 bits per heavy atom. The van der Waals surface area contributed by atoms with Crippen LogP contribution in [-0.4, -0.2) is 6.21 Å². The molecule has 0 amide bonds. The summed E-state index contributed by atoms with van der Waals surface area (Å²) in [4.78, 5) is 4.44. The molecule has 1 heteroatoms. The highest BCUT2D eigenvalue weighted by molar-refractivity contribution is 5.80. The van der Waals surface area contributed by atoms with Crippen molar-refractivity contribution in [2.24, 2.45) is 16.8 Å². The first kappa shape index (κ1) is 20.2. The average Bonchev–Trinajstić information content (AvgIpc) is 3.32. The van der Waals surface area contributed by atoms with Crippen LogP contribution in [0.4, 0.5) is 0 Å². The van der Waals surface area contributed by atoms with E-state index in [4.69, 9.17) is 0 Å². The van der Waals surface area contributed by atoms with Crippen LogP contribution in [0.25, 0.3) is 17.7 Å². The van der Waals surface area contributed by atoms with E-state index in [1.165, 1.54) is 81.7 Å². The van der Waals surface area contributed by atoms with Crippen LogP contribution in [0.15, 0.2) is 59.7 Å². The third-order valence-corrected chi connectivity index (χ3v) is 8.71. The Morgan fingerprint density at radius 1 is 0.794 bits per heavy atom. The molecule has 1 aliphatic heterocycles. The smallest absolute Gasteiger partial charge is 0.0270 e. The molecule has 0 aromatic heterocycles. The van der Waals surface area contributed by atoms with Crippen molar-refractivity contribution in [3.8, 4) is 0 Å². The van der Waals surface area contributed by atoms with Gasteiger partial charge in [0, 0.05) is 18.8 Å². The molecule has 1 unspecified atom stereocenters.